The highest BCUT2D eigenvalue weighted by Crippen LogP contribution is 2.24. The highest BCUT2D eigenvalue weighted by molar-refractivity contribution is 14.0. The van der Waals surface area contributed by atoms with Gasteiger partial charge in [0.25, 0.3) is 0 Å². The number of ether oxygens (including phenoxy) is 2. The summed E-state index contributed by atoms with van der Waals surface area (Å²) in [5.41, 5.74) is 1.65. The number of guanidine groups is 1. The standard InChI is InChI=1S/C23H31FN4O3.HI/c1-4-25-23(26-15-18-14-19(30-2)6-7-21(18)29)28-11-9-27(10-12-28)16-17-5-8-22(31-3)20(24)13-17;/h5-8,13-14,29H,4,9-12,15-16H2,1-3H3,(H,25,26);1H. The molecule has 0 atom stereocenters. The Bertz CT molecular complexity index is 905. The van der Waals surface area contributed by atoms with Crippen LogP contribution in [-0.2, 0) is 13.1 Å². The van der Waals surface area contributed by atoms with E-state index in [1.165, 1.54) is 13.2 Å². The first-order valence-corrected chi connectivity index (χ1v) is 10.5. The van der Waals surface area contributed by atoms with Crippen LogP contribution >= 0.6 is 24.0 Å². The Morgan fingerprint density at radius 2 is 1.84 bits per heavy atom. The number of hydrogen-bond acceptors (Lipinski definition) is 5. The zero-order valence-electron chi connectivity index (χ0n) is 18.8. The molecule has 1 saturated heterocycles. The average Bonchev–Trinajstić information content (AvgIpc) is 2.78. The van der Waals surface area contributed by atoms with E-state index < -0.39 is 0 Å². The number of halogens is 2. The zero-order valence-corrected chi connectivity index (χ0v) is 21.1. The van der Waals surface area contributed by atoms with Gasteiger partial charge in [0, 0.05) is 44.8 Å². The number of aromatic hydroxyl groups is 1. The number of piperazine rings is 1. The minimum atomic E-state index is -0.332. The van der Waals surface area contributed by atoms with Crippen molar-refractivity contribution in [1.29, 1.82) is 0 Å². The second kappa shape index (κ2) is 12.7. The molecule has 0 bridgehead atoms. The molecule has 2 N–H and O–H groups in total. The molecule has 0 unspecified atom stereocenters. The van der Waals surface area contributed by atoms with Crippen molar-refractivity contribution in [3.63, 3.8) is 0 Å². The predicted molar refractivity (Wildman–Crippen MR) is 135 cm³/mol. The molecule has 0 spiro atoms. The Balaban J connectivity index is 0.00000363. The van der Waals surface area contributed by atoms with Crippen LogP contribution in [0.5, 0.6) is 17.2 Å². The van der Waals surface area contributed by atoms with Crippen molar-refractivity contribution < 1.29 is 19.0 Å². The second-order valence-corrected chi connectivity index (χ2v) is 7.40. The van der Waals surface area contributed by atoms with Crippen LogP contribution in [0.15, 0.2) is 41.4 Å². The molecule has 1 fully saturated rings. The Morgan fingerprint density at radius 3 is 2.47 bits per heavy atom. The fraction of sp³-hybridized carbons (Fsp3) is 0.435. The normalized spacial score (nSPS) is 14.6. The maximum atomic E-state index is 14.0. The molecule has 1 heterocycles. The van der Waals surface area contributed by atoms with Crippen molar-refractivity contribution in [2.45, 2.75) is 20.0 Å². The molecule has 2 aromatic rings. The number of aliphatic imine (C=N–C) groups is 1. The Hall–Kier alpha value is -2.27. The van der Waals surface area contributed by atoms with Crippen molar-refractivity contribution in [3.8, 4) is 17.2 Å². The number of methoxy groups -OCH3 is 2. The number of hydrogen-bond donors (Lipinski definition) is 2. The maximum Gasteiger partial charge on any atom is 0.194 e. The second-order valence-electron chi connectivity index (χ2n) is 7.40. The van der Waals surface area contributed by atoms with Crippen LogP contribution < -0.4 is 14.8 Å². The molecule has 2 aromatic carbocycles. The number of rotatable bonds is 7. The molecule has 32 heavy (non-hydrogen) atoms. The first-order chi connectivity index (χ1) is 15.0. The predicted octanol–water partition coefficient (Wildman–Crippen LogP) is 3.45. The zero-order chi connectivity index (χ0) is 22.2. The molecule has 1 aliphatic heterocycles. The summed E-state index contributed by atoms with van der Waals surface area (Å²) in [5.74, 6) is 1.65. The van der Waals surface area contributed by atoms with Gasteiger partial charge >= 0.3 is 0 Å². The lowest BCUT2D eigenvalue weighted by Crippen LogP contribution is -2.52. The summed E-state index contributed by atoms with van der Waals surface area (Å²) >= 11 is 0. The van der Waals surface area contributed by atoms with Crippen LogP contribution in [0.4, 0.5) is 4.39 Å². The van der Waals surface area contributed by atoms with E-state index in [-0.39, 0.29) is 41.3 Å². The summed E-state index contributed by atoms with van der Waals surface area (Å²) < 4.78 is 24.2. The Labute approximate surface area is 206 Å². The third kappa shape index (κ3) is 6.86. The van der Waals surface area contributed by atoms with Gasteiger partial charge in [-0.25, -0.2) is 9.38 Å². The van der Waals surface area contributed by atoms with Crippen molar-refractivity contribution in [1.82, 2.24) is 15.1 Å². The van der Waals surface area contributed by atoms with Crippen LogP contribution in [0.25, 0.3) is 0 Å². The van der Waals surface area contributed by atoms with Gasteiger partial charge in [-0.1, -0.05) is 6.07 Å². The Morgan fingerprint density at radius 1 is 1.09 bits per heavy atom. The van der Waals surface area contributed by atoms with E-state index >= 15 is 0 Å². The monoisotopic (exact) mass is 558 g/mol. The van der Waals surface area contributed by atoms with Crippen molar-refractivity contribution in [3.05, 3.63) is 53.3 Å². The Kier molecular flexibility index (Phi) is 10.3. The summed E-state index contributed by atoms with van der Waals surface area (Å²) in [7, 11) is 3.07. The van der Waals surface area contributed by atoms with Crippen LogP contribution in [0, 0.1) is 5.82 Å². The molecular formula is C23H32FIN4O3. The smallest absolute Gasteiger partial charge is 0.194 e. The van der Waals surface area contributed by atoms with Crippen molar-refractivity contribution in [2.24, 2.45) is 4.99 Å². The van der Waals surface area contributed by atoms with Gasteiger partial charge in [0.1, 0.15) is 11.5 Å². The van der Waals surface area contributed by atoms with Gasteiger partial charge in [0.15, 0.2) is 17.5 Å². The van der Waals surface area contributed by atoms with E-state index in [1.807, 2.05) is 13.0 Å². The molecule has 7 nitrogen and oxygen atoms in total. The van der Waals surface area contributed by atoms with E-state index in [0.717, 1.165) is 49.8 Å². The summed E-state index contributed by atoms with van der Waals surface area (Å²) in [4.78, 5) is 9.23. The first kappa shape index (κ1) is 26.0. The van der Waals surface area contributed by atoms with Crippen LogP contribution in [0.3, 0.4) is 0 Å². The van der Waals surface area contributed by atoms with E-state index in [1.54, 1.807) is 31.4 Å². The van der Waals surface area contributed by atoms with Gasteiger partial charge in [-0.2, -0.15) is 0 Å². The van der Waals surface area contributed by atoms with E-state index in [2.05, 4.69) is 15.1 Å². The van der Waals surface area contributed by atoms with Gasteiger partial charge in [0.2, 0.25) is 0 Å². The minimum Gasteiger partial charge on any atom is -0.508 e. The first-order valence-electron chi connectivity index (χ1n) is 10.5. The van der Waals surface area contributed by atoms with Crippen molar-refractivity contribution >= 4 is 29.9 Å². The third-order valence-electron chi connectivity index (χ3n) is 5.31. The van der Waals surface area contributed by atoms with Gasteiger partial charge < -0.3 is 24.8 Å². The average molecular weight is 558 g/mol. The van der Waals surface area contributed by atoms with Gasteiger partial charge in [0.05, 0.1) is 20.8 Å². The number of nitrogens with zero attached hydrogens (tertiary/aromatic N) is 3. The molecule has 0 radical (unpaired) electrons. The fourth-order valence-electron chi connectivity index (χ4n) is 3.59. The molecule has 3 rings (SSSR count). The highest BCUT2D eigenvalue weighted by Gasteiger charge is 2.20. The largest absolute Gasteiger partial charge is 0.508 e. The van der Waals surface area contributed by atoms with Gasteiger partial charge in [-0.15, -0.1) is 24.0 Å². The number of benzene rings is 2. The maximum absolute atomic E-state index is 14.0. The molecule has 0 aromatic heterocycles. The molecular weight excluding hydrogens is 526 g/mol. The number of phenols is 1. The van der Waals surface area contributed by atoms with Gasteiger partial charge in [-0.05, 0) is 42.8 Å². The molecule has 9 heteroatoms. The summed E-state index contributed by atoms with van der Waals surface area (Å²) in [6.07, 6.45) is 0. The quantitative estimate of drug-likeness (QED) is 0.309. The minimum absolute atomic E-state index is 0. The molecule has 176 valence electrons. The van der Waals surface area contributed by atoms with Gasteiger partial charge in [-0.3, -0.25) is 4.90 Å². The fourth-order valence-corrected chi connectivity index (χ4v) is 3.59. The highest BCUT2D eigenvalue weighted by atomic mass is 127. The lowest BCUT2D eigenvalue weighted by molar-refractivity contribution is 0.172. The summed E-state index contributed by atoms with van der Waals surface area (Å²) in [6.45, 7) is 7.17. The number of phenolic OH excluding ortho intramolecular Hbond substituents is 1. The lowest BCUT2D eigenvalue weighted by Gasteiger charge is -2.36. The van der Waals surface area contributed by atoms with Crippen LogP contribution in [-0.4, -0.2) is 67.8 Å². The summed E-state index contributed by atoms with van der Waals surface area (Å²) in [6, 6.07) is 10.3. The molecule has 0 aliphatic carbocycles. The molecule has 0 amide bonds. The lowest BCUT2D eigenvalue weighted by atomic mass is 10.2. The third-order valence-corrected chi connectivity index (χ3v) is 5.31. The van der Waals surface area contributed by atoms with E-state index in [9.17, 15) is 9.50 Å². The van der Waals surface area contributed by atoms with Crippen molar-refractivity contribution in [2.75, 3.05) is 46.9 Å². The molecule has 1 aliphatic rings. The number of nitrogens with one attached hydrogen (secondary N) is 1. The van der Waals surface area contributed by atoms with E-state index in [0.29, 0.717) is 18.8 Å². The topological polar surface area (TPSA) is 69.6 Å². The van der Waals surface area contributed by atoms with Crippen LogP contribution in [0.2, 0.25) is 0 Å². The van der Waals surface area contributed by atoms with Crippen LogP contribution in [0.1, 0.15) is 18.1 Å². The molecule has 0 saturated carbocycles. The summed E-state index contributed by atoms with van der Waals surface area (Å²) in [5, 5.41) is 13.4. The van der Waals surface area contributed by atoms with E-state index in [4.69, 9.17) is 14.5 Å². The SMILES string of the molecule is CCNC(=NCc1cc(OC)ccc1O)N1CCN(Cc2ccc(OC)c(F)c2)CC1.I.